The molecule has 5 aromatic carbocycles. The van der Waals surface area contributed by atoms with Gasteiger partial charge in [-0.2, -0.15) is 0 Å². The molecule has 0 aromatic heterocycles. The molecule has 1 aliphatic carbocycles. The smallest absolute Gasteiger partial charge is 0.261 e. The molecule has 1 aliphatic heterocycles. The molecule has 1 heterocycles. The van der Waals surface area contributed by atoms with E-state index < -0.39 is 0 Å². The zero-order chi connectivity index (χ0) is 35.9. The first-order valence-electron chi connectivity index (χ1n) is 20.1. The van der Waals surface area contributed by atoms with Gasteiger partial charge in [0.1, 0.15) is 0 Å². The highest BCUT2D eigenvalue weighted by atomic mass is 16.2. The maximum Gasteiger partial charge on any atom is 0.261 e. The summed E-state index contributed by atoms with van der Waals surface area (Å²) in [6, 6.07) is 15.2. The van der Waals surface area contributed by atoms with E-state index in [2.05, 4.69) is 20.8 Å². The Morgan fingerprint density at radius 1 is 0.392 bits per heavy atom. The standard InChI is InChI=1S/C33H27NO4.C13H28/c1-2-3-4-5-6-17-34-32(37)24-13-9-20-18-7-11-22-26(35)15-16-27(36)23-12-8-19(28(18)30(22)23)21-10-14-25(33(34)38)31(24)29(20)21;1-3-5-7-9-11-13-12-10-8-6-4-2/h7-14H,2-6,15-17H2,1H3;3-13H2,1-2H3. The molecule has 0 unspecified atom stereocenters. The van der Waals surface area contributed by atoms with Gasteiger partial charge in [0, 0.05) is 52.4 Å². The largest absolute Gasteiger partial charge is 0.294 e. The molecule has 0 radical (unpaired) electrons. The van der Waals surface area contributed by atoms with Crippen molar-refractivity contribution in [2.24, 2.45) is 0 Å². The van der Waals surface area contributed by atoms with Gasteiger partial charge in [-0.15, -0.1) is 0 Å². The predicted molar refractivity (Wildman–Crippen MR) is 212 cm³/mol. The maximum atomic E-state index is 13.6. The third kappa shape index (κ3) is 7.32. The van der Waals surface area contributed by atoms with E-state index in [0.29, 0.717) is 34.2 Å². The highest BCUT2D eigenvalue weighted by Crippen LogP contribution is 2.46. The number of hydrogen-bond donors (Lipinski definition) is 0. The van der Waals surface area contributed by atoms with Crippen LogP contribution < -0.4 is 0 Å². The fourth-order valence-electron chi connectivity index (χ4n) is 8.40. The summed E-state index contributed by atoms with van der Waals surface area (Å²) >= 11 is 0. The van der Waals surface area contributed by atoms with E-state index in [1.807, 2.05) is 48.5 Å². The van der Waals surface area contributed by atoms with Crippen molar-refractivity contribution >= 4 is 66.5 Å². The summed E-state index contributed by atoms with van der Waals surface area (Å²) < 4.78 is 0. The maximum absolute atomic E-state index is 13.6. The van der Waals surface area contributed by atoms with Crippen LogP contribution in [0.2, 0.25) is 0 Å². The van der Waals surface area contributed by atoms with E-state index in [0.717, 1.165) is 69.8 Å². The highest BCUT2D eigenvalue weighted by molar-refractivity contribution is 6.40. The molecular formula is C46H55NO4. The SMILES string of the molecule is CCCCCCCCCCCCC.CCCCCCCN1C(=O)c2ccc3c4ccc5c6c(ccc(c7ccc(c2c37)C1=O)c64)C(=O)CCC5=O. The molecule has 268 valence electrons. The molecule has 5 heteroatoms. The molecule has 0 atom stereocenters. The van der Waals surface area contributed by atoms with Crippen molar-refractivity contribution in [1.82, 2.24) is 4.90 Å². The lowest BCUT2D eigenvalue weighted by Gasteiger charge is -2.28. The number of imide groups is 1. The van der Waals surface area contributed by atoms with E-state index in [-0.39, 0.29) is 36.2 Å². The van der Waals surface area contributed by atoms with Gasteiger partial charge in [0.25, 0.3) is 11.8 Å². The first kappa shape index (κ1) is 36.7. The number of Topliss-reactive ketones (excluding diaryl/α,β-unsaturated/α-hetero) is 2. The second kappa shape index (κ2) is 16.9. The summed E-state index contributed by atoms with van der Waals surface area (Å²) in [6.07, 6.45) is 21.6. The van der Waals surface area contributed by atoms with Crippen LogP contribution >= 0.6 is 0 Å². The third-order valence-electron chi connectivity index (χ3n) is 11.2. The molecule has 0 spiro atoms. The summed E-state index contributed by atoms with van der Waals surface area (Å²) in [5, 5.41) is 6.94. The minimum Gasteiger partial charge on any atom is -0.294 e. The molecule has 5 aromatic rings. The van der Waals surface area contributed by atoms with Crippen molar-refractivity contribution in [2.45, 2.75) is 136 Å². The van der Waals surface area contributed by atoms with Crippen molar-refractivity contribution in [2.75, 3.05) is 6.54 Å². The van der Waals surface area contributed by atoms with Gasteiger partial charge in [-0.3, -0.25) is 24.1 Å². The summed E-state index contributed by atoms with van der Waals surface area (Å²) in [5.74, 6) is -0.485. The van der Waals surface area contributed by atoms with Gasteiger partial charge in [-0.05, 0) is 50.9 Å². The molecule has 51 heavy (non-hydrogen) atoms. The Labute approximate surface area is 303 Å². The number of amides is 2. The molecule has 5 nitrogen and oxygen atoms in total. The Morgan fingerprint density at radius 3 is 1.08 bits per heavy atom. The quantitative estimate of drug-likeness (QED) is 0.0448. The molecule has 0 saturated carbocycles. The monoisotopic (exact) mass is 685 g/mol. The summed E-state index contributed by atoms with van der Waals surface area (Å²) in [5.41, 5.74) is 2.32. The van der Waals surface area contributed by atoms with E-state index in [1.165, 1.54) is 75.5 Å². The summed E-state index contributed by atoms with van der Waals surface area (Å²) in [4.78, 5) is 54.4. The van der Waals surface area contributed by atoms with Gasteiger partial charge < -0.3 is 0 Å². The topological polar surface area (TPSA) is 71.5 Å². The van der Waals surface area contributed by atoms with Gasteiger partial charge in [-0.1, -0.05) is 153 Å². The Kier molecular flexibility index (Phi) is 12.2. The Hall–Kier alpha value is -4.12. The van der Waals surface area contributed by atoms with Crippen LogP contribution in [0.1, 0.15) is 178 Å². The minimum absolute atomic E-state index is 0.0113. The van der Waals surface area contributed by atoms with Gasteiger partial charge in [0.05, 0.1) is 0 Å². The van der Waals surface area contributed by atoms with Gasteiger partial charge >= 0.3 is 0 Å². The number of unbranched alkanes of at least 4 members (excludes halogenated alkanes) is 14. The molecule has 7 rings (SSSR count). The van der Waals surface area contributed by atoms with Crippen molar-refractivity contribution in [3.63, 3.8) is 0 Å². The third-order valence-corrected chi connectivity index (χ3v) is 11.2. The lowest BCUT2D eigenvalue weighted by molar-refractivity contribution is 0.0607. The van der Waals surface area contributed by atoms with Crippen molar-refractivity contribution < 1.29 is 19.2 Å². The van der Waals surface area contributed by atoms with Crippen LogP contribution in [0.15, 0.2) is 48.5 Å². The van der Waals surface area contributed by atoms with Crippen LogP contribution in [0.25, 0.3) is 43.1 Å². The lowest BCUT2D eigenvalue weighted by Crippen LogP contribution is -2.40. The van der Waals surface area contributed by atoms with Gasteiger partial charge in [0.15, 0.2) is 11.6 Å². The van der Waals surface area contributed by atoms with Crippen LogP contribution in [-0.2, 0) is 0 Å². The molecule has 0 bridgehead atoms. The average Bonchev–Trinajstić information content (AvgIpc) is 3.27. The van der Waals surface area contributed by atoms with Gasteiger partial charge in [0.2, 0.25) is 0 Å². The number of rotatable bonds is 16. The fraction of sp³-hybridized carbons (Fsp3) is 0.478. The zero-order valence-electron chi connectivity index (χ0n) is 31.1. The Bertz CT molecular complexity index is 1930. The normalized spacial score (nSPS) is 14.3. The number of carbonyl (C=O) groups excluding carboxylic acids is 4. The van der Waals surface area contributed by atoms with Crippen molar-refractivity contribution in [1.29, 1.82) is 0 Å². The zero-order valence-corrected chi connectivity index (χ0v) is 31.1. The molecular weight excluding hydrogens is 631 g/mol. The highest BCUT2D eigenvalue weighted by Gasteiger charge is 2.34. The molecule has 2 amide bonds. The van der Waals surface area contributed by atoms with E-state index >= 15 is 0 Å². The van der Waals surface area contributed by atoms with Gasteiger partial charge in [-0.25, -0.2) is 0 Å². The van der Waals surface area contributed by atoms with E-state index in [1.54, 1.807) is 0 Å². The van der Waals surface area contributed by atoms with Crippen molar-refractivity contribution in [3.8, 4) is 0 Å². The van der Waals surface area contributed by atoms with Crippen LogP contribution in [0, 0.1) is 0 Å². The van der Waals surface area contributed by atoms with Crippen molar-refractivity contribution in [3.05, 3.63) is 70.8 Å². The van der Waals surface area contributed by atoms with E-state index in [9.17, 15) is 19.2 Å². The van der Waals surface area contributed by atoms with Crippen LogP contribution in [0.5, 0.6) is 0 Å². The fourth-order valence-corrected chi connectivity index (χ4v) is 8.40. The number of fused-ring (bicyclic) bond motifs is 2. The first-order chi connectivity index (χ1) is 24.9. The lowest BCUT2D eigenvalue weighted by atomic mass is 9.83. The average molecular weight is 686 g/mol. The Morgan fingerprint density at radius 2 is 0.706 bits per heavy atom. The molecule has 0 fully saturated rings. The number of ketones is 2. The number of nitrogens with zero attached hydrogens (tertiary/aromatic N) is 1. The number of benzene rings is 5. The number of carbonyl (C=O) groups is 4. The molecule has 2 aliphatic rings. The second-order valence-corrected chi connectivity index (χ2v) is 14.8. The summed E-state index contributed by atoms with van der Waals surface area (Å²) in [7, 11) is 0. The van der Waals surface area contributed by atoms with Crippen LogP contribution in [0.4, 0.5) is 0 Å². The first-order valence-corrected chi connectivity index (χ1v) is 20.1. The minimum atomic E-state index is -0.231. The number of hydrogen-bond acceptors (Lipinski definition) is 4. The van der Waals surface area contributed by atoms with Crippen LogP contribution in [0.3, 0.4) is 0 Å². The van der Waals surface area contributed by atoms with E-state index in [4.69, 9.17) is 0 Å². The summed E-state index contributed by atoms with van der Waals surface area (Å²) in [6.45, 7) is 7.16. The Balaban J connectivity index is 0.000000296. The predicted octanol–water partition coefficient (Wildman–Crippen LogP) is 12.8. The van der Waals surface area contributed by atoms with Crippen LogP contribution in [-0.4, -0.2) is 34.8 Å². The molecule has 0 saturated heterocycles. The second-order valence-electron chi connectivity index (χ2n) is 14.8. The molecule has 0 N–H and O–H groups in total.